The molecule has 0 aromatic rings. The molecule has 0 aliphatic heterocycles. The lowest BCUT2D eigenvalue weighted by atomic mass is 10.2. The minimum absolute atomic E-state index is 1.36. The van der Waals surface area contributed by atoms with Gasteiger partial charge in [0.2, 0.25) is 8.32 Å². The van der Waals surface area contributed by atoms with Crippen LogP contribution in [0.5, 0.6) is 0 Å². The summed E-state index contributed by atoms with van der Waals surface area (Å²) in [6.45, 7) is 8.54. The fourth-order valence-electron chi connectivity index (χ4n) is 0.876. The summed E-state index contributed by atoms with van der Waals surface area (Å²) in [5.41, 5.74) is -5.31. The molecule has 3 nitrogen and oxygen atoms in total. The molecule has 0 rings (SSSR count). The molecule has 0 bridgehead atoms. The Morgan fingerprint density at radius 2 is 1.33 bits per heavy atom. The number of hydrogen-bond donors (Lipinski definition) is 0. The summed E-state index contributed by atoms with van der Waals surface area (Å²) >= 11 is 0. The summed E-state index contributed by atoms with van der Waals surface area (Å²) in [5, 5.41) is 0. The first-order valence-corrected chi connectivity index (χ1v) is 10.7. The van der Waals surface area contributed by atoms with E-state index in [1.165, 1.54) is 45.3 Å². The third-order valence-corrected chi connectivity index (χ3v) is 5.04. The van der Waals surface area contributed by atoms with Crippen molar-refractivity contribution in [3.63, 3.8) is 0 Å². The number of unbranched alkanes of at least 4 members (excludes halogenated alkanes) is 3. The molecule has 0 spiro atoms. The highest BCUT2D eigenvalue weighted by atomic mass is 32.2. The van der Waals surface area contributed by atoms with E-state index in [2.05, 4.69) is 17.7 Å². The third kappa shape index (κ3) is 11.0. The molecule has 0 heterocycles. The zero-order valence-electron chi connectivity index (χ0n) is 11.6. The van der Waals surface area contributed by atoms with E-state index in [1.807, 2.05) is 0 Å². The molecule has 8 heteroatoms. The molecule has 0 saturated carbocycles. The fraction of sp³-hybridized carbons (Fsp3) is 1.00. The van der Waals surface area contributed by atoms with Gasteiger partial charge in [0.05, 0.1) is 0 Å². The van der Waals surface area contributed by atoms with Gasteiger partial charge in [-0.2, -0.15) is 21.6 Å². The van der Waals surface area contributed by atoms with Crippen LogP contribution >= 0.6 is 0 Å². The Morgan fingerprint density at radius 3 is 1.44 bits per heavy atom. The van der Waals surface area contributed by atoms with Crippen molar-refractivity contribution in [1.29, 1.82) is 0 Å². The van der Waals surface area contributed by atoms with Crippen LogP contribution in [0.2, 0.25) is 19.6 Å². The predicted molar refractivity (Wildman–Crippen MR) is 69.2 cm³/mol. The van der Waals surface area contributed by atoms with Crippen molar-refractivity contribution in [3.05, 3.63) is 0 Å². The lowest BCUT2D eigenvalue weighted by molar-refractivity contribution is -0.0503. The SMILES string of the molecule is CCCCCC.C[Si](C)(C)OS(=O)(=O)C(F)(F)F. The van der Waals surface area contributed by atoms with Crippen molar-refractivity contribution in [2.24, 2.45) is 0 Å². The van der Waals surface area contributed by atoms with Gasteiger partial charge in [0.1, 0.15) is 0 Å². The first kappa shape index (κ1) is 20.2. The van der Waals surface area contributed by atoms with Crippen LogP contribution in [0, 0.1) is 0 Å². The van der Waals surface area contributed by atoms with Crippen molar-refractivity contribution < 1.29 is 25.5 Å². The predicted octanol–water partition coefficient (Wildman–Crippen LogP) is 4.27. The molecule has 18 heavy (non-hydrogen) atoms. The van der Waals surface area contributed by atoms with E-state index in [9.17, 15) is 21.6 Å². The molecular formula is C10H23F3O3SSi. The first-order chi connectivity index (χ1) is 7.87. The quantitative estimate of drug-likeness (QED) is 0.433. The molecule has 0 aliphatic rings. The number of hydrogen-bond acceptors (Lipinski definition) is 3. The van der Waals surface area contributed by atoms with Crippen LogP contribution in [0.4, 0.5) is 13.2 Å². The zero-order valence-corrected chi connectivity index (χ0v) is 13.4. The van der Waals surface area contributed by atoms with Gasteiger partial charge in [-0.15, -0.1) is 0 Å². The van der Waals surface area contributed by atoms with Crippen molar-refractivity contribution in [3.8, 4) is 0 Å². The average molecular weight is 308 g/mol. The lowest BCUT2D eigenvalue weighted by Gasteiger charge is -2.17. The monoisotopic (exact) mass is 308 g/mol. The van der Waals surface area contributed by atoms with Gasteiger partial charge in [0.15, 0.2) is 0 Å². The summed E-state index contributed by atoms with van der Waals surface area (Å²) in [4.78, 5) is 0. The number of rotatable bonds is 5. The minimum atomic E-state index is -5.39. The number of alkyl halides is 3. The van der Waals surface area contributed by atoms with Gasteiger partial charge in [0.25, 0.3) is 0 Å². The van der Waals surface area contributed by atoms with Gasteiger partial charge in [-0.1, -0.05) is 39.5 Å². The Kier molecular flexibility index (Phi) is 9.18. The molecule has 0 radical (unpaired) electrons. The maximum absolute atomic E-state index is 11.7. The number of halogens is 3. The summed E-state index contributed by atoms with van der Waals surface area (Å²) in [5.74, 6) is 0. The smallest absolute Gasteiger partial charge is 0.309 e. The molecule has 0 N–H and O–H groups in total. The lowest BCUT2D eigenvalue weighted by Crippen LogP contribution is -2.36. The molecule has 0 saturated heterocycles. The zero-order chi connectivity index (χ0) is 15.0. The van der Waals surface area contributed by atoms with Gasteiger partial charge >= 0.3 is 15.6 Å². The Bertz CT molecular complexity index is 303. The highest BCUT2D eigenvalue weighted by Crippen LogP contribution is 2.27. The fourth-order valence-corrected chi connectivity index (χ4v) is 3.89. The van der Waals surface area contributed by atoms with Crippen molar-refractivity contribution >= 4 is 18.4 Å². The van der Waals surface area contributed by atoms with Gasteiger partial charge in [0, 0.05) is 0 Å². The van der Waals surface area contributed by atoms with E-state index in [1.54, 1.807) is 0 Å². The maximum Gasteiger partial charge on any atom is 0.522 e. The Balaban J connectivity index is 0. The van der Waals surface area contributed by atoms with Crippen LogP contribution in [-0.2, 0) is 14.0 Å². The van der Waals surface area contributed by atoms with E-state index in [-0.39, 0.29) is 0 Å². The second kappa shape index (κ2) is 8.16. The van der Waals surface area contributed by atoms with E-state index >= 15 is 0 Å². The van der Waals surface area contributed by atoms with Gasteiger partial charge in [-0.3, -0.25) is 0 Å². The Hall–Kier alpha value is -0.0831. The van der Waals surface area contributed by atoms with E-state index in [0.717, 1.165) is 0 Å². The van der Waals surface area contributed by atoms with Gasteiger partial charge in [-0.05, 0) is 19.6 Å². The standard InChI is InChI=1S/C6H14.C4H9F3O3SSi/c1-3-5-6-4-2;1-12(2,3)10-11(8,9)4(5,6)7/h3-6H2,1-2H3;1-3H3. The van der Waals surface area contributed by atoms with Crippen LogP contribution in [-0.4, -0.2) is 22.2 Å². The molecule has 0 aromatic carbocycles. The summed E-state index contributed by atoms with van der Waals surface area (Å²) in [6, 6.07) is 0. The summed E-state index contributed by atoms with van der Waals surface area (Å²) in [7, 11) is -8.10. The molecule has 0 aliphatic carbocycles. The molecule has 0 aromatic heterocycles. The largest absolute Gasteiger partial charge is 0.522 e. The topological polar surface area (TPSA) is 43.4 Å². The summed E-state index contributed by atoms with van der Waals surface area (Å²) < 4.78 is 59.7. The van der Waals surface area contributed by atoms with Crippen molar-refractivity contribution in [2.45, 2.75) is 64.7 Å². The van der Waals surface area contributed by atoms with Crippen LogP contribution in [0.1, 0.15) is 39.5 Å². The van der Waals surface area contributed by atoms with E-state index in [0.29, 0.717) is 0 Å². The van der Waals surface area contributed by atoms with Crippen molar-refractivity contribution in [1.82, 2.24) is 0 Å². The second-order valence-electron chi connectivity index (χ2n) is 4.80. The van der Waals surface area contributed by atoms with Crippen LogP contribution in [0.3, 0.4) is 0 Å². The summed E-state index contributed by atoms with van der Waals surface area (Å²) in [6.07, 6.45) is 5.54. The first-order valence-electron chi connectivity index (χ1n) is 5.89. The molecule has 112 valence electrons. The highest BCUT2D eigenvalue weighted by molar-refractivity contribution is 7.88. The molecule has 0 amide bonds. The van der Waals surface area contributed by atoms with Crippen molar-refractivity contribution in [2.75, 3.05) is 0 Å². The highest BCUT2D eigenvalue weighted by Gasteiger charge is 2.49. The average Bonchev–Trinajstić information content (AvgIpc) is 2.10. The van der Waals surface area contributed by atoms with Crippen LogP contribution < -0.4 is 0 Å². The molecule has 0 atom stereocenters. The second-order valence-corrected chi connectivity index (χ2v) is 11.1. The molecule has 0 fully saturated rings. The van der Waals surface area contributed by atoms with Crippen LogP contribution in [0.25, 0.3) is 0 Å². The van der Waals surface area contributed by atoms with E-state index in [4.69, 9.17) is 0 Å². The third-order valence-electron chi connectivity index (χ3n) is 1.60. The molecule has 0 unspecified atom stereocenters. The minimum Gasteiger partial charge on any atom is -0.309 e. The Labute approximate surface area is 109 Å². The van der Waals surface area contributed by atoms with Crippen LogP contribution in [0.15, 0.2) is 0 Å². The normalized spacial score (nSPS) is 12.9. The van der Waals surface area contributed by atoms with E-state index < -0.39 is 23.9 Å². The van der Waals surface area contributed by atoms with Gasteiger partial charge in [-0.25, -0.2) is 0 Å². The van der Waals surface area contributed by atoms with Gasteiger partial charge < -0.3 is 3.87 Å². The maximum atomic E-state index is 11.7. The Morgan fingerprint density at radius 1 is 1.00 bits per heavy atom. The molecular weight excluding hydrogens is 285 g/mol.